The number of nitrogens with one attached hydrogen (secondary N) is 1. The molecule has 0 aliphatic carbocycles. The van der Waals surface area contributed by atoms with Gasteiger partial charge in [-0.15, -0.1) is 11.3 Å². The van der Waals surface area contributed by atoms with Crippen LogP contribution in [-0.4, -0.2) is 17.8 Å². The van der Waals surface area contributed by atoms with Gasteiger partial charge in [-0.3, -0.25) is 5.43 Å². The second-order valence-corrected chi connectivity index (χ2v) is 7.60. The first-order valence-electron chi connectivity index (χ1n) is 9.02. The standard InChI is InChI=1S/C22H22N4OS/c1-15(2)12-16-4-6-17(7-5-16)21-14-28-22(24-21)20(13-23)26-25-18-8-10-19(27-3)11-9-18/h4-11,14-15,25H,12H2,1-3H3/b26-20-. The average molecular weight is 391 g/mol. The van der Waals surface area contributed by atoms with Crippen LogP contribution >= 0.6 is 11.3 Å². The number of hydrogen-bond donors (Lipinski definition) is 1. The molecule has 0 amide bonds. The first kappa shape index (κ1) is 19.6. The third-order valence-electron chi connectivity index (χ3n) is 4.09. The lowest BCUT2D eigenvalue weighted by atomic mass is 10.0. The van der Waals surface area contributed by atoms with E-state index in [0.29, 0.717) is 10.9 Å². The van der Waals surface area contributed by atoms with E-state index in [1.165, 1.54) is 16.9 Å². The summed E-state index contributed by atoms with van der Waals surface area (Å²) in [6.45, 7) is 4.42. The predicted octanol–water partition coefficient (Wildman–Crippen LogP) is 5.36. The summed E-state index contributed by atoms with van der Waals surface area (Å²) in [4.78, 5) is 4.59. The first-order chi connectivity index (χ1) is 13.6. The van der Waals surface area contributed by atoms with Gasteiger partial charge in [-0.1, -0.05) is 38.1 Å². The van der Waals surface area contributed by atoms with Gasteiger partial charge in [0.25, 0.3) is 0 Å². The van der Waals surface area contributed by atoms with Crippen molar-refractivity contribution >= 4 is 22.7 Å². The number of rotatable bonds is 7. The number of thiazole rings is 1. The lowest BCUT2D eigenvalue weighted by Crippen LogP contribution is -2.01. The molecule has 5 nitrogen and oxygen atoms in total. The van der Waals surface area contributed by atoms with Crippen LogP contribution in [0.3, 0.4) is 0 Å². The van der Waals surface area contributed by atoms with Crippen LogP contribution in [0, 0.1) is 17.2 Å². The van der Waals surface area contributed by atoms with Crippen LogP contribution < -0.4 is 10.2 Å². The van der Waals surface area contributed by atoms with Crippen molar-refractivity contribution in [3.63, 3.8) is 0 Å². The summed E-state index contributed by atoms with van der Waals surface area (Å²) in [7, 11) is 1.62. The monoisotopic (exact) mass is 390 g/mol. The molecular weight excluding hydrogens is 368 g/mol. The van der Waals surface area contributed by atoms with Gasteiger partial charge >= 0.3 is 0 Å². The molecule has 0 saturated heterocycles. The van der Waals surface area contributed by atoms with Crippen LogP contribution in [0.2, 0.25) is 0 Å². The van der Waals surface area contributed by atoms with Gasteiger partial charge in [-0.05, 0) is 42.2 Å². The maximum absolute atomic E-state index is 9.47. The zero-order chi connectivity index (χ0) is 19.9. The molecule has 6 heteroatoms. The van der Waals surface area contributed by atoms with Crippen molar-refractivity contribution in [3.05, 3.63) is 64.5 Å². The molecule has 0 radical (unpaired) electrons. The molecule has 2 aromatic carbocycles. The van der Waals surface area contributed by atoms with Crippen LogP contribution in [0.25, 0.3) is 11.3 Å². The summed E-state index contributed by atoms with van der Waals surface area (Å²) in [6, 6.07) is 17.9. The Morgan fingerprint density at radius 3 is 2.50 bits per heavy atom. The lowest BCUT2D eigenvalue weighted by Gasteiger charge is -2.05. The van der Waals surface area contributed by atoms with Crippen LogP contribution in [-0.2, 0) is 6.42 Å². The second kappa shape index (κ2) is 9.16. The van der Waals surface area contributed by atoms with Crippen LogP contribution in [0.1, 0.15) is 24.4 Å². The summed E-state index contributed by atoms with van der Waals surface area (Å²) in [5.41, 5.74) is 7.12. The molecule has 3 rings (SSSR count). The fourth-order valence-electron chi connectivity index (χ4n) is 2.70. The van der Waals surface area contributed by atoms with Crippen molar-refractivity contribution in [3.8, 4) is 23.1 Å². The third kappa shape index (κ3) is 4.96. The number of ether oxygens (including phenoxy) is 1. The number of nitriles is 1. The van der Waals surface area contributed by atoms with E-state index in [0.717, 1.165) is 29.1 Å². The van der Waals surface area contributed by atoms with Crippen LogP contribution in [0.5, 0.6) is 5.75 Å². The molecule has 142 valence electrons. The predicted molar refractivity (Wildman–Crippen MR) is 115 cm³/mol. The Labute approximate surface area is 169 Å². The minimum absolute atomic E-state index is 0.253. The van der Waals surface area contributed by atoms with E-state index in [-0.39, 0.29) is 5.71 Å². The van der Waals surface area contributed by atoms with E-state index in [1.54, 1.807) is 7.11 Å². The Morgan fingerprint density at radius 1 is 1.18 bits per heavy atom. The van der Waals surface area contributed by atoms with Crippen LogP contribution in [0.4, 0.5) is 5.69 Å². The molecule has 0 aliphatic rings. The van der Waals surface area contributed by atoms with Crippen molar-refractivity contribution in [1.29, 1.82) is 5.26 Å². The number of hydrogen-bond acceptors (Lipinski definition) is 6. The summed E-state index contributed by atoms with van der Waals surface area (Å²) in [6.07, 6.45) is 1.06. The van der Waals surface area contributed by atoms with Gasteiger partial charge in [0.2, 0.25) is 0 Å². The Balaban J connectivity index is 1.74. The molecule has 1 heterocycles. The molecule has 1 aromatic heterocycles. The fourth-order valence-corrected chi connectivity index (χ4v) is 3.47. The second-order valence-electron chi connectivity index (χ2n) is 6.75. The quantitative estimate of drug-likeness (QED) is 0.436. The van der Waals surface area contributed by atoms with Gasteiger partial charge < -0.3 is 4.74 Å². The maximum Gasteiger partial charge on any atom is 0.196 e. The molecular formula is C22H22N4OS. The van der Waals surface area contributed by atoms with Gasteiger partial charge in [0.1, 0.15) is 11.8 Å². The Morgan fingerprint density at radius 2 is 1.89 bits per heavy atom. The third-order valence-corrected chi connectivity index (χ3v) is 4.94. The van der Waals surface area contributed by atoms with Crippen molar-refractivity contribution in [2.75, 3.05) is 12.5 Å². The van der Waals surface area contributed by atoms with Crippen molar-refractivity contribution in [2.45, 2.75) is 20.3 Å². The first-order valence-corrected chi connectivity index (χ1v) is 9.90. The number of anilines is 1. The van der Waals surface area contributed by atoms with Crippen molar-refractivity contribution < 1.29 is 4.74 Å². The van der Waals surface area contributed by atoms with E-state index in [2.05, 4.69) is 59.7 Å². The minimum Gasteiger partial charge on any atom is -0.497 e. The van der Waals surface area contributed by atoms with E-state index in [1.807, 2.05) is 29.6 Å². The Kier molecular flexibility index (Phi) is 6.41. The maximum atomic E-state index is 9.47. The largest absolute Gasteiger partial charge is 0.497 e. The Hall–Kier alpha value is -3.17. The van der Waals surface area contributed by atoms with Gasteiger partial charge in [0.15, 0.2) is 10.7 Å². The van der Waals surface area contributed by atoms with Gasteiger partial charge in [0.05, 0.1) is 18.5 Å². The number of nitrogens with zero attached hydrogens (tertiary/aromatic N) is 3. The smallest absolute Gasteiger partial charge is 0.196 e. The Bertz CT molecular complexity index is 983. The van der Waals surface area contributed by atoms with Gasteiger partial charge in [-0.2, -0.15) is 10.4 Å². The molecule has 0 fully saturated rings. The highest BCUT2D eigenvalue weighted by Gasteiger charge is 2.11. The lowest BCUT2D eigenvalue weighted by molar-refractivity contribution is 0.415. The SMILES string of the molecule is COc1ccc(N/N=C(/C#N)c2nc(-c3ccc(CC(C)C)cc3)cs2)cc1. The topological polar surface area (TPSA) is 70.3 Å². The molecule has 3 aromatic rings. The molecule has 0 saturated carbocycles. The molecule has 28 heavy (non-hydrogen) atoms. The molecule has 0 unspecified atom stereocenters. The minimum atomic E-state index is 0.253. The molecule has 0 spiro atoms. The zero-order valence-electron chi connectivity index (χ0n) is 16.1. The number of aromatic nitrogens is 1. The molecule has 1 N–H and O–H groups in total. The van der Waals surface area contributed by atoms with Gasteiger partial charge in [0, 0.05) is 10.9 Å². The molecule has 0 aliphatic heterocycles. The van der Waals surface area contributed by atoms with E-state index >= 15 is 0 Å². The number of hydrazone groups is 1. The van der Waals surface area contributed by atoms with Crippen molar-refractivity contribution in [2.24, 2.45) is 11.0 Å². The highest BCUT2D eigenvalue weighted by atomic mass is 32.1. The summed E-state index contributed by atoms with van der Waals surface area (Å²) in [5.74, 6) is 1.39. The normalized spacial score (nSPS) is 11.3. The van der Waals surface area contributed by atoms with E-state index in [9.17, 15) is 5.26 Å². The fraction of sp³-hybridized carbons (Fsp3) is 0.227. The molecule has 0 bridgehead atoms. The number of methoxy groups -OCH3 is 1. The van der Waals surface area contributed by atoms with Crippen molar-refractivity contribution in [1.82, 2.24) is 4.98 Å². The zero-order valence-corrected chi connectivity index (χ0v) is 17.0. The summed E-state index contributed by atoms with van der Waals surface area (Å²) >= 11 is 1.41. The van der Waals surface area contributed by atoms with Gasteiger partial charge in [-0.25, -0.2) is 4.98 Å². The van der Waals surface area contributed by atoms with E-state index < -0.39 is 0 Å². The summed E-state index contributed by atoms with van der Waals surface area (Å²) < 4.78 is 5.13. The number of benzene rings is 2. The highest BCUT2D eigenvalue weighted by molar-refractivity contribution is 7.12. The molecule has 0 atom stereocenters. The van der Waals surface area contributed by atoms with Crippen LogP contribution in [0.15, 0.2) is 59.0 Å². The summed E-state index contributed by atoms with van der Waals surface area (Å²) in [5, 5.41) is 16.2. The van der Waals surface area contributed by atoms with E-state index in [4.69, 9.17) is 4.74 Å². The highest BCUT2D eigenvalue weighted by Crippen LogP contribution is 2.24. The average Bonchev–Trinajstić information content (AvgIpc) is 3.19.